The summed E-state index contributed by atoms with van der Waals surface area (Å²) in [4.78, 5) is 24.5. The third-order valence-electron chi connectivity index (χ3n) is 3.81. The number of carbonyl (C=O) groups excluding carboxylic acids is 1. The second kappa shape index (κ2) is 7.60. The molecule has 0 fully saturated rings. The van der Waals surface area contributed by atoms with Gasteiger partial charge in [-0.2, -0.15) is 10.1 Å². The second-order valence-electron chi connectivity index (χ2n) is 5.65. The van der Waals surface area contributed by atoms with E-state index in [-0.39, 0.29) is 5.56 Å². The number of aromatic nitrogens is 5. The highest BCUT2D eigenvalue weighted by atomic mass is 16.1. The van der Waals surface area contributed by atoms with Gasteiger partial charge in [0.05, 0.1) is 29.7 Å². The first-order valence-corrected chi connectivity index (χ1v) is 8.17. The first kappa shape index (κ1) is 17.3. The molecule has 134 valence electrons. The fraction of sp³-hybridized carbons (Fsp3) is 0.235. The summed E-state index contributed by atoms with van der Waals surface area (Å²) >= 11 is 0. The topological polar surface area (TPSA) is 124 Å². The molecule has 0 spiro atoms. The molecule has 3 heterocycles. The van der Waals surface area contributed by atoms with Crippen molar-refractivity contribution in [2.24, 2.45) is 5.73 Å². The zero-order chi connectivity index (χ0) is 18.5. The van der Waals surface area contributed by atoms with Crippen LogP contribution in [-0.2, 0) is 13.1 Å². The average Bonchev–Trinajstić information content (AvgIpc) is 3.08. The third-order valence-corrected chi connectivity index (χ3v) is 3.81. The van der Waals surface area contributed by atoms with Crippen molar-refractivity contribution in [1.29, 1.82) is 0 Å². The van der Waals surface area contributed by atoms with Gasteiger partial charge in [-0.05, 0) is 25.5 Å². The fourth-order valence-corrected chi connectivity index (χ4v) is 2.36. The Morgan fingerprint density at radius 2 is 2.15 bits per heavy atom. The Balaban J connectivity index is 1.82. The number of hydrogen-bond acceptors (Lipinski definition) is 7. The number of anilines is 3. The Hall–Kier alpha value is -3.49. The van der Waals surface area contributed by atoms with Crippen LogP contribution in [0.15, 0.2) is 36.9 Å². The van der Waals surface area contributed by atoms with Crippen LogP contribution in [0.3, 0.4) is 0 Å². The van der Waals surface area contributed by atoms with Gasteiger partial charge in [0.25, 0.3) is 5.91 Å². The molecule has 0 aliphatic rings. The van der Waals surface area contributed by atoms with Gasteiger partial charge >= 0.3 is 0 Å². The van der Waals surface area contributed by atoms with Crippen LogP contribution in [0.1, 0.15) is 28.5 Å². The number of carbonyl (C=O) groups is 1. The molecular formula is C17H20N8O. The molecule has 0 bridgehead atoms. The highest BCUT2D eigenvalue weighted by Crippen LogP contribution is 2.18. The van der Waals surface area contributed by atoms with Crippen LogP contribution in [0.4, 0.5) is 17.5 Å². The minimum absolute atomic E-state index is 0.216. The number of nitrogens with two attached hydrogens (primary N) is 1. The zero-order valence-corrected chi connectivity index (χ0v) is 14.6. The maximum absolute atomic E-state index is 11.7. The van der Waals surface area contributed by atoms with E-state index in [2.05, 4.69) is 30.7 Å². The normalized spacial score (nSPS) is 10.5. The quantitative estimate of drug-likeness (QED) is 0.593. The molecule has 0 saturated carbocycles. The van der Waals surface area contributed by atoms with Crippen molar-refractivity contribution >= 4 is 23.4 Å². The van der Waals surface area contributed by atoms with Crippen LogP contribution >= 0.6 is 0 Å². The largest absolute Gasteiger partial charge is 0.365 e. The maximum atomic E-state index is 11.7. The number of rotatable bonds is 7. The summed E-state index contributed by atoms with van der Waals surface area (Å²) in [6, 6.07) is 3.84. The van der Waals surface area contributed by atoms with Crippen LogP contribution in [0, 0.1) is 6.92 Å². The first-order chi connectivity index (χ1) is 12.6. The van der Waals surface area contributed by atoms with Crippen LogP contribution in [0.5, 0.6) is 0 Å². The lowest BCUT2D eigenvalue weighted by atomic mass is 10.2. The molecule has 3 rings (SSSR count). The second-order valence-corrected chi connectivity index (χ2v) is 5.65. The lowest BCUT2D eigenvalue weighted by Crippen LogP contribution is -2.17. The molecule has 0 aliphatic carbocycles. The van der Waals surface area contributed by atoms with Crippen molar-refractivity contribution < 1.29 is 4.79 Å². The van der Waals surface area contributed by atoms with Crippen molar-refractivity contribution in [1.82, 2.24) is 24.7 Å². The molecule has 26 heavy (non-hydrogen) atoms. The monoisotopic (exact) mass is 352 g/mol. The van der Waals surface area contributed by atoms with Gasteiger partial charge in [0.2, 0.25) is 5.95 Å². The molecule has 3 aromatic heterocycles. The fourth-order valence-electron chi connectivity index (χ4n) is 2.36. The predicted octanol–water partition coefficient (Wildman–Crippen LogP) is 1.85. The summed E-state index contributed by atoms with van der Waals surface area (Å²) < 4.78 is 1.78. The van der Waals surface area contributed by atoms with Crippen LogP contribution in [-0.4, -0.2) is 30.6 Å². The number of amides is 1. The van der Waals surface area contributed by atoms with E-state index in [9.17, 15) is 4.79 Å². The lowest BCUT2D eigenvalue weighted by Gasteiger charge is -2.11. The summed E-state index contributed by atoms with van der Waals surface area (Å²) in [7, 11) is 0. The lowest BCUT2D eigenvalue weighted by molar-refractivity contribution is 0.100. The predicted molar refractivity (Wildman–Crippen MR) is 98.0 cm³/mol. The van der Waals surface area contributed by atoms with Gasteiger partial charge < -0.3 is 16.4 Å². The summed E-state index contributed by atoms with van der Waals surface area (Å²) in [6.07, 6.45) is 6.64. The van der Waals surface area contributed by atoms with Gasteiger partial charge in [-0.3, -0.25) is 14.5 Å². The molecule has 9 nitrogen and oxygen atoms in total. The van der Waals surface area contributed by atoms with Gasteiger partial charge in [0, 0.05) is 25.1 Å². The average molecular weight is 352 g/mol. The van der Waals surface area contributed by atoms with E-state index in [1.165, 1.54) is 6.20 Å². The summed E-state index contributed by atoms with van der Waals surface area (Å²) in [5.41, 5.74) is 8.30. The third kappa shape index (κ3) is 3.94. The van der Waals surface area contributed by atoms with Crippen molar-refractivity contribution in [2.45, 2.75) is 26.9 Å². The van der Waals surface area contributed by atoms with Crippen molar-refractivity contribution in [3.8, 4) is 0 Å². The zero-order valence-electron chi connectivity index (χ0n) is 14.6. The number of aryl methyl sites for hydroxylation is 2. The van der Waals surface area contributed by atoms with E-state index in [0.29, 0.717) is 18.3 Å². The Morgan fingerprint density at radius 1 is 1.31 bits per heavy atom. The minimum Gasteiger partial charge on any atom is -0.365 e. The minimum atomic E-state index is -0.601. The van der Waals surface area contributed by atoms with Crippen molar-refractivity contribution in [2.75, 3.05) is 10.6 Å². The van der Waals surface area contributed by atoms with E-state index < -0.39 is 5.91 Å². The Morgan fingerprint density at radius 3 is 2.85 bits per heavy atom. The Kier molecular flexibility index (Phi) is 5.07. The number of pyridine rings is 1. The Bertz CT molecular complexity index is 921. The molecule has 9 heteroatoms. The molecular weight excluding hydrogens is 332 g/mol. The summed E-state index contributed by atoms with van der Waals surface area (Å²) in [5.74, 6) is 0.0874. The molecule has 0 unspecified atom stereocenters. The van der Waals surface area contributed by atoms with Gasteiger partial charge in [-0.1, -0.05) is 6.07 Å². The molecule has 0 radical (unpaired) electrons. The molecule has 0 aromatic carbocycles. The van der Waals surface area contributed by atoms with Gasteiger partial charge in [0.15, 0.2) is 0 Å². The van der Waals surface area contributed by atoms with Gasteiger partial charge in [-0.25, -0.2) is 4.98 Å². The van der Waals surface area contributed by atoms with Crippen LogP contribution in [0.2, 0.25) is 0 Å². The van der Waals surface area contributed by atoms with E-state index >= 15 is 0 Å². The standard InChI is InChI=1S/C17H20N8O/c1-3-25-10-12(7-22-25)23-17-21-8-13(15(18)26)16(24-17)20-9-14-11(2)5-4-6-19-14/h4-8,10H,3,9H2,1-2H3,(H2,18,26)(H2,20,21,23,24). The molecule has 1 amide bonds. The molecule has 4 N–H and O–H groups in total. The van der Waals surface area contributed by atoms with Crippen LogP contribution < -0.4 is 16.4 Å². The smallest absolute Gasteiger partial charge is 0.254 e. The molecule has 0 saturated heterocycles. The van der Waals surface area contributed by atoms with E-state index in [4.69, 9.17) is 5.73 Å². The highest BCUT2D eigenvalue weighted by Gasteiger charge is 2.13. The number of nitrogens with zero attached hydrogens (tertiary/aromatic N) is 5. The number of hydrogen-bond donors (Lipinski definition) is 3. The van der Waals surface area contributed by atoms with Gasteiger partial charge in [0.1, 0.15) is 5.82 Å². The number of primary amides is 1. The maximum Gasteiger partial charge on any atom is 0.254 e. The van der Waals surface area contributed by atoms with Crippen LogP contribution in [0.25, 0.3) is 0 Å². The van der Waals surface area contributed by atoms with Gasteiger partial charge in [-0.15, -0.1) is 0 Å². The SMILES string of the molecule is CCn1cc(Nc2ncc(C(N)=O)c(NCc3ncccc3C)n2)cn1. The molecule has 3 aromatic rings. The molecule has 0 aliphatic heterocycles. The number of nitrogens with one attached hydrogen (secondary N) is 2. The van der Waals surface area contributed by atoms with E-state index in [1.54, 1.807) is 17.1 Å². The van der Waals surface area contributed by atoms with E-state index in [1.807, 2.05) is 32.2 Å². The highest BCUT2D eigenvalue weighted by molar-refractivity contribution is 5.97. The first-order valence-electron chi connectivity index (χ1n) is 8.17. The Labute approximate surface area is 150 Å². The van der Waals surface area contributed by atoms with Crippen molar-refractivity contribution in [3.63, 3.8) is 0 Å². The summed E-state index contributed by atoms with van der Waals surface area (Å²) in [5, 5.41) is 10.4. The van der Waals surface area contributed by atoms with Crippen molar-refractivity contribution in [3.05, 3.63) is 53.7 Å². The summed E-state index contributed by atoms with van der Waals surface area (Å²) in [6.45, 7) is 5.14. The molecule has 0 atom stereocenters. The van der Waals surface area contributed by atoms with E-state index in [0.717, 1.165) is 23.5 Å².